The molecule has 2 rings (SSSR count). The number of rotatable bonds is 7. The van der Waals surface area contributed by atoms with Crippen LogP contribution in [0.4, 0.5) is 5.69 Å². The smallest absolute Gasteiger partial charge is 0.134 e. The van der Waals surface area contributed by atoms with Crippen LogP contribution in [0.5, 0.6) is 0 Å². The van der Waals surface area contributed by atoms with Gasteiger partial charge in [-0.2, -0.15) is 0 Å². The SMILES string of the molecule is CC(CC(=O)CCN)[C@@H](O)N1CCN(c2cc(Cl)cc(Cl)c2)CC1. The van der Waals surface area contributed by atoms with E-state index in [1.54, 1.807) is 6.07 Å². The van der Waals surface area contributed by atoms with Gasteiger partial charge in [0.1, 0.15) is 12.0 Å². The molecular formula is C17H25Cl2N3O2. The van der Waals surface area contributed by atoms with E-state index in [2.05, 4.69) is 4.90 Å². The Morgan fingerprint density at radius 3 is 2.33 bits per heavy atom. The molecule has 0 saturated carbocycles. The third kappa shape index (κ3) is 5.33. The van der Waals surface area contributed by atoms with Crippen molar-refractivity contribution in [3.05, 3.63) is 28.2 Å². The van der Waals surface area contributed by atoms with Gasteiger partial charge in [-0.25, -0.2) is 0 Å². The van der Waals surface area contributed by atoms with Crippen LogP contribution in [-0.2, 0) is 4.79 Å². The summed E-state index contributed by atoms with van der Waals surface area (Å²) in [5.74, 6) is 0.00692. The zero-order valence-electron chi connectivity index (χ0n) is 13.9. The van der Waals surface area contributed by atoms with Gasteiger partial charge in [0.2, 0.25) is 0 Å². The monoisotopic (exact) mass is 373 g/mol. The van der Waals surface area contributed by atoms with Crippen LogP contribution in [0.25, 0.3) is 0 Å². The highest BCUT2D eigenvalue weighted by atomic mass is 35.5. The maximum Gasteiger partial charge on any atom is 0.134 e. The van der Waals surface area contributed by atoms with Gasteiger partial charge in [-0.05, 0) is 24.7 Å². The van der Waals surface area contributed by atoms with Crippen LogP contribution in [-0.4, -0.2) is 54.7 Å². The molecule has 1 fully saturated rings. The summed E-state index contributed by atoms with van der Waals surface area (Å²) in [6, 6.07) is 5.51. The number of nitrogens with two attached hydrogens (primary N) is 1. The Morgan fingerprint density at radius 1 is 1.21 bits per heavy atom. The molecule has 1 aromatic carbocycles. The van der Waals surface area contributed by atoms with E-state index < -0.39 is 6.23 Å². The van der Waals surface area contributed by atoms with Crippen LogP contribution >= 0.6 is 23.2 Å². The number of carbonyl (C=O) groups is 1. The molecule has 0 aliphatic carbocycles. The molecule has 7 heteroatoms. The fourth-order valence-corrected chi connectivity index (χ4v) is 3.57. The molecule has 2 atom stereocenters. The number of halogens is 2. The van der Waals surface area contributed by atoms with Crippen molar-refractivity contribution in [2.75, 3.05) is 37.6 Å². The molecule has 1 aliphatic rings. The van der Waals surface area contributed by atoms with Crippen LogP contribution < -0.4 is 10.6 Å². The summed E-state index contributed by atoms with van der Waals surface area (Å²) in [6.45, 7) is 5.26. The predicted molar refractivity (Wildman–Crippen MR) is 98.7 cm³/mol. The minimum Gasteiger partial charge on any atom is -0.378 e. The molecule has 0 bridgehead atoms. The Bertz CT molecular complexity index is 543. The summed E-state index contributed by atoms with van der Waals surface area (Å²) >= 11 is 12.1. The Labute approximate surface area is 153 Å². The van der Waals surface area contributed by atoms with Crippen molar-refractivity contribution >= 4 is 34.7 Å². The van der Waals surface area contributed by atoms with E-state index in [9.17, 15) is 9.90 Å². The van der Waals surface area contributed by atoms with Crippen LogP contribution in [0, 0.1) is 5.92 Å². The average Bonchev–Trinajstić information content (AvgIpc) is 2.53. The Kier molecular flexibility index (Phi) is 7.32. The van der Waals surface area contributed by atoms with Crippen LogP contribution in [0.15, 0.2) is 18.2 Å². The van der Waals surface area contributed by atoms with Gasteiger partial charge in [0.15, 0.2) is 0 Å². The van der Waals surface area contributed by atoms with Crippen molar-refractivity contribution in [3.8, 4) is 0 Å². The van der Waals surface area contributed by atoms with Gasteiger partial charge < -0.3 is 15.7 Å². The summed E-state index contributed by atoms with van der Waals surface area (Å²) in [5, 5.41) is 11.7. The highest BCUT2D eigenvalue weighted by Crippen LogP contribution is 2.27. The molecular weight excluding hydrogens is 349 g/mol. The molecule has 1 aromatic rings. The van der Waals surface area contributed by atoms with Gasteiger partial charge in [-0.3, -0.25) is 9.69 Å². The Morgan fingerprint density at radius 2 is 1.79 bits per heavy atom. The van der Waals surface area contributed by atoms with Crippen molar-refractivity contribution in [2.45, 2.75) is 26.0 Å². The zero-order valence-corrected chi connectivity index (χ0v) is 15.4. The first kappa shape index (κ1) is 19.5. The second-order valence-corrected chi connectivity index (χ2v) is 7.20. The standard InChI is InChI=1S/C17H25Cl2N3O2/c1-12(8-16(23)2-3-20)17(24)22-6-4-21(5-7-22)15-10-13(18)9-14(19)11-15/h9-12,17,24H,2-8,20H2,1H3/t12?,17-/m1/s1. The second kappa shape index (κ2) is 9.02. The van der Waals surface area contributed by atoms with E-state index in [1.165, 1.54) is 0 Å². The van der Waals surface area contributed by atoms with E-state index in [4.69, 9.17) is 28.9 Å². The van der Waals surface area contributed by atoms with Crippen molar-refractivity contribution in [3.63, 3.8) is 0 Å². The number of hydrogen-bond donors (Lipinski definition) is 2. The maximum absolute atomic E-state index is 11.7. The fourth-order valence-electron chi connectivity index (χ4n) is 3.05. The van der Waals surface area contributed by atoms with Crippen LogP contribution in [0.2, 0.25) is 10.0 Å². The summed E-state index contributed by atoms with van der Waals surface area (Å²) in [7, 11) is 0. The molecule has 1 heterocycles. The third-order valence-corrected chi connectivity index (χ3v) is 4.82. The normalized spacial score (nSPS) is 18.5. The van der Waals surface area contributed by atoms with Crippen molar-refractivity contribution in [1.82, 2.24) is 4.90 Å². The number of aliphatic hydroxyl groups is 1. The lowest BCUT2D eigenvalue weighted by Gasteiger charge is -2.40. The number of piperazine rings is 1. The number of hydrogen-bond acceptors (Lipinski definition) is 5. The molecule has 0 spiro atoms. The zero-order chi connectivity index (χ0) is 17.7. The molecule has 1 aliphatic heterocycles. The molecule has 5 nitrogen and oxygen atoms in total. The molecule has 0 aromatic heterocycles. The molecule has 1 saturated heterocycles. The molecule has 0 amide bonds. The summed E-state index contributed by atoms with van der Waals surface area (Å²) in [5.41, 5.74) is 6.39. The number of aliphatic hydroxyl groups excluding tert-OH is 1. The van der Waals surface area contributed by atoms with Gasteiger partial charge in [0.05, 0.1) is 0 Å². The lowest BCUT2D eigenvalue weighted by Crippen LogP contribution is -2.52. The van der Waals surface area contributed by atoms with Gasteiger partial charge in [0.25, 0.3) is 0 Å². The average molecular weight is 374 g/mol. The molecule has 1 unspecified atom stereocenters. The summed E-state index contributed by atoms with van der Waals surface area (Å²) in [4.78, 5) is 15.9. The number of ketones is 1. The van der Waals surface area contributed by atoms with Crippen molar-refractivity contribution in [2.24, 2.45) is 11.7 Å². The Balaban J connectivity index is 1.88. The minimum atomic E-state index is -0.614. The van der Waals surface area contributed by atoms with E-state index in [0.29, 0.717) is 29.4 Å². The maximum atomic E-state index is 11.7. The number of nitrogens with zero attached hydrogens (tertiary/aromatic N) is 2. The molecule has 0 radical (unpaired) electrons. The number of benzene rings is 1. The molecule has 24 heavy (non-hydrogen) atoms. The first-order valence-corrected chi connectivity index (χ1v) is 9.01. The topological polar surface area (TPSA) is 69.8 Å². The molecule has 134 valence electrons. The van der Waals surface area contributed by atoms with Crippen molar-refractivity contribution in [1.29, 1.82) is 0 Å². The Hall–Kier alpha value is -0.850. The fraction of sp³-hybridized carbons (Fsp3) is 0.588. The van der Waals surface area contributed by atoms with Crippen molar-refractivity contribution < 1.29 is 9.90 Å². The lowest BCUT2D eigenvalue weighted by molar-refractivity contribution is -0.122. The first-order chi connectivity index (χ1) is 11.4. The van der Waals surface area contributed by atoms with Crippen LogP contribution in [0.1, 0.15) is 19.8 Å². The van der Waals surface area contributed by atoms with E-state index >= 15 is 0 Å². The lowest BCUT2D eigenvalue weighted by atomic mass is 10.00. The largest absolute Gasteiger partial charge is 0.378 e. The van der Waals surface area contributed by atoms with Gasteiger partial charge in [0, 0.05) is 60.7 Å². The third-order valence-electron chi connectivity index (χ3n) is 4.38. The van der Waals surface area contributed by atoms with E-state index in [-0.39, 0.29) is 11.7 Å². The highest BCUT2D eigenvalue weighted by molar-refractivity contribution is 6.35. The number of carbonyl (C=O) groups excluding carboxylic acids is 1. The summed E-state index contributed by atoms with van der Waals surface area (Å²) < 4.78 is 0. The summed E-state index contributed by atoms with van der Waals surface area (Å²) in [6.07, 6.45) is 0.125. The van der Waals surface area contributed by atoms with Gasteiger partial charge >= 0.3 is 0 Å². The second-order valence-electron chi connectivity index (χ2n) is 6.32. The quantitative estimate of drug-likeness (QED) is 0.767. The minimum absolute atomic E-state index is 0.101. The van der Waals surface area contributed by atoms with E-state index in [0.717, 1.165) is 31.9 Å². The number of Topliss-reactive ketones (excluding diaryl/α,β-unsaturated/α-hetero) is 1. The van der Waals surface area contributed by atoms with Gasteiger partial charge in [-0.15, -0.1) is 0 Å². The van der Waals surface area contributed by atoms with Crippen LogP contribution in [0.3, 0.4) is 0 Å². The first-order valence-electron chi connectivity index (χ1n) is 8.25. The van der Waals surface area contributed by atoms with Gasteiger partial charge in [-0.1, -0.05) is 30.1 Å². The predicted octanol–water partition coefficient (Wildman–Crippen LogP) is 2.38. The molecule has 3 N–H and O–H groups in total. The number of anilines is 1. The highest BCUT2D eigenvalue weighted by Gasteiger charge is 2.27. The van der Waals surface area contributed by atoms with E-state index in [1.807, 2.05) is 24.0 Å².